The predicted molar refractivity (Wildman–Crippen MR) is 76.1 cm³/mol. The van der Waals surface area contributed by atoms with Crippen LogP contribution in [-0.4, -0.2) is 9.97 Å². The zero-order valence-corrected chi connectivity index (χ0v) is 11.2. The van der Waals surface area contributed by atoms with Gasteiger partial charge in [-0.25, -0.2) is 4.98 Å². The van der Waals surface area contributed by atoms with Gasteiger partial charge in [0.25, 0.3) is 0 Å². The highest BCUT2D eigenvalue weighted by atomic mass is 32.2. The average Bonchev–Trinajstić information content (AvgIpc) is 2.80. The Morgan fingerprint density at radius 1 is 1.21 bits per heavy atom. The second-order valence-corrected chi connectivity index (χ2v) is 5.33. The maximum Gasteiger partial charge on any atom is 0.104 e. The zero-order chi connectivity index (χ0) is 13.2. The molecule has 0 aliphatic heterocycles. The van der Waals surface area contributed by atoms with Gasteiger partial charge < -0.3 is 4.98 Å². The van der Waals surface area contributed by atoms with E-state index in [-0.39, 0.29) is 0 Å². The quantitative estimate of drug-likeness (QED) is 0.764. The number of aromatic amines is 1. The van der Waals surface area contributed by atoms with Crippen LogP contribution in [0.3, 0.4) is 0 Å². The Bertz CT molecular complexity index is 750. The summed E-state index contributed by atoms with van der Waals surface area (Å²) in [4.78, 5) is 7.78. The molecule has 4 heteroatoms. The van der Waals surface area contributed by atoms with Gasteiger partial charge in [-0.15, -0.1) is 0 Å². The second kappa shape index (κ2) is 4.79. The van der Waals surface area contributed by atoms with Crippen molar-refractivity contribution in [3.63, 3.8) is 0 Å². The molecule has 0 aliphatic rings. The van der Waals surface area contributed by atoms with Gasteiger partial charge in [-0.1, -0.05) is 30.0 Å². The highest BCUT2D eigenvalue weighted by molar-refractivity contribution is 7.99. The number of fused-ring (bicyclic) bond motifs is 1. The maximum atomic E-state index is 8.97. The number of aromatic nitrogens is 2. The van der Waals surface area contributed by atoms with Crippen LogP contribution in [0.4, 0.5) is 0 Å². The summed E-state index contributed by atoms with van der Waals surface area (Å²) in [5, 5.41) is 12.0. The van der Waals surface area contributed by atoms with E-state index in [1.54, 1.807) is 6.07 Å². The second-order valence-electron chi connectivity index (χ2n) is 4.27. The molecule has 0 amide bonds. The highest BCUT2D eigenvalue weighted by Gasteiger charge is 2.05. The summed E-state index contributed by atoms with van der Waals surface area (Å²) in [7, 11) is 0. The van der Waals surface area contributed by atoms with Gasteiger partial charge in [0.05, 0.1) is 16.7 Å². The van der Waals surface area contributed by atoms with Crippen molar-refractivity contribution >= 4 is 22.7 Å². The van der Waals surface area contributed by atoms with Crippen LogP contribution in [0.15, 0.2) is 52.5 Å². The minimum absolute atomic E-state index is 0.645. The van der Waals surface area contributed by atoms with E-state index < -0.39 is 0 Å². The minimum Gasteiger partial charge on any atom is -0.349 e. The zero-order valence-electron chi connectivity index (χ0n) is 10.3. The first kappa shape index (κ1) is 11.8. The molecule has 0 unspecified atom stereocenters. The Balaban J connectivity index is 1.96. The van der Waals surface area contributed by atoms with Crippen LogP contribution in [0.5, 0.6) is 0 Å². The molecule has 3 aromatic rings. The fourth-order valence-corrected chi connectivity index (χ4v) is 2.92. The minimum atomic E-state index is 0.645. The molecule has 2 heterocycles. The Morgan fingerprint density at radius 3 is 2.84 bits per heavy atom. The van der Waals surface area contributed by atoms with Crippen LogP contribution in [0.25, 0.3) is 10.9 Å². The van der Waals surface area contributed by atoms with Crippen LogP contribution in [0, 0.1) is 18.3 Å². The van der Waals surface area contributed by atoms with Gasteiger partial charge in [-0.3, -0.25) is 0 Å². The molecular formula is C15H11N3S. The lowest BCUT2D eigenvalue weighted by atomic mass is 10.2. The fourth-order valence-electron chi connectivity index (χ4n) is 1.97. The Hall–Kier alpha value is -2.25. The number of pyridine rings is 1. The molecule has 0 atom stereocenters. The van der Waals surface area contributed by atoms with E-state index in [1.165, 1.54) is 17.1 Å². The molecule has 0 radical (unpaired) electrons. The van der Waals surface area contributed by atoms with Crippen molar-refractivity contribution in [2.75, 3.05) is 0 Å². The lowest BCUT2D eigenvalue weighted by molar-refractivity contribution is 1.05. The smallest absolute Gasteiger partial charge is 0.104 e. The summed E-state index contributed by atoms with van der Waals surface area (Å²) >= 11 is 1.54. The third kappa shape index (κ3) is 2.47. The van der Waals surface area contributed by atoms with Gasteiger partial charge in [0, 0.05) is 16.6 Å². The monoisotopic (exact) mass is 265 g/mol. The van der Waals surface area contributed by atoms with Crippen molar-refractivity contribution in [3.8, 4) is 6.07 Å². The average molecular weight is 265 g/mol. The molecule has 0 bridgehead atoms. The normalized spacial score (nSPS) is 10.5. The summed E-state index contributed by atoms with van der Waals surface area (Å²) in [6.07, 6.45) is 0. The van der Waals surface area contributed by atoms with Gasteiger partial charge >= 0.3 is 0 Å². The molecule has 1 aromatic carbocycles. The number of aryl methyl sites for hydroxylation is 1. The third-order valence-corrected chi connectivity index (χ3v) is 3.64. The fraction of sp³-hybridized carbons (Fsp3) is 0.0667. The molecule has 0 aliphatic carbocycles. The molecule has 3 rings (SSSR count). The van der Waals surface area contributed by atoms with Gasteiger partial charge in [-0.05, 0) is 31.2 Å². The van der Waals surface area contributed by atoms with E-state index in [2.05, 4.69) is 28.2 Å². The molecule has 0 fully saturated rings. The molecule has 0 spiro atoms. The number of nitrogens with zero attached hydrogens (tertiary/aromatic N) is 2. The summed E-state index contributed by atoms with van der Waals surface area (Å²) in [5.74, 6) is 0. The van der Waals surface area contributed by atoms with Crippen LogP contribution in [0.2, 0.25) is 0 Å². The number of para-hydroxylation sites is 1. The number of rotatable bonds is 2. The number of benzene rings is 1. The molecule has 1 N–H and O–H groups in total. The summed E-state index contributed by atoms with van der Waals surface area (Å²) in [6, 6.07) is 16.0. The van der Waals surface area contributed by atoms with Crippen molar-refractivity contribution < 1.29 is 0 Å². The first-order valence-corrected chi connectivity index (χ1v) is 6.70. The van der Waals surface area contributed by atoms with Gasteiger partial charge in [0.15, 0.2) is 0 Å². The Labute approximate surface area is 115 Å². The third-order valence-electron chi connectivity index (χ3n) is 2.78. The number of hydrogen-bond acceptors (Lipinski definition) is 3. The van der Waals surface area contributed by atoms with Crippen molar-refractivity contribution in [3.05, 3.63) is 53.7 Å². The molecule has 19 heavy (non-hydrogen) atoms. The van der Waals surface area contributed by atoms with E-state index in [0.29, 0.717) is 5.56 Å². The number of hydrogen-bond donors (Lipinski definition) is 1. The lowest BCUT2D eigenvalue weighted by Gasteiger charge is -2.00. The predicted octanol–water partition coefficient (Wildman–Crippen LogP) is 3.89. The summed E-state index contributed by atoms with van der Waals surface area (Å²) < 4.78 is 0. The van der Waals surface area contributed by atoms with Gasteiger partial charge in [0.1, 0.15) is 5.03 Å². The van der Waals surface area contributed by atoms with Crippen LogP contribution < -0.4 is 0 Å². The van der Waals surface area contributed by atoms with Crippen LogP contribution in [-0.2, 0) is 0 Å². The van der Waals surface area contributed by atoms with Crippen molar-refractivity contribution in [1.82, 2.24) is 9.97 Å². The number of nitriles is 1. The van der Waals surface area contributed by atoms with Crippen molar-refractivity contribution in [1.29, 1.82) is 5.26 Å². The molecule has 0 saturated heterocycles. The van der Waals surface area contributed by atoms with E-state index >= 15 is 0 Å². The topological polar surface area (TPSA) is 52.5 Å². The van der Waals surface area contributed by atoms with Gasteiger partial charge in [-0.2, -0.15) is 5.26 Å². The highest BCUT2D eigenvalue weighted by Crippen LogP contribution is 2.29. The SMILES string of the molecule is Cc1cc(C#N)cc(Sc2cc3ccccc3[nH]2)n1. The number of nitrogens with one attached hydrogen (secondary N) is 1. The van der Waals surface area contributed by atoms with Crippen LogP contribution in [0.1, 0.15) is 11.3 Å². The first-order chi connectivity index (χ1) is 9.24. The van der Waals surface area contributed by atoms with E-state index in [9.17, 15) is 0 Å². The molecule has 92 valence electrons. The van der Waals surface area contributed by atoms with Gasteiger partial charge in [0.2, 0.25) is 0 Å². The lowest BCUT2D eigenvalue weighted by Crippen LogP contribution is -1.87. The summed E-state index contributed by atoms with van der Waals surface area (Å²) in [5.41, 5.74) is 2.61. The van der Waals surface area contributed by atoms with E-state index in [1.807, 2.05) is 31.2 Å². The molecular weight excluding hydrogens is 254 g/mol. The Kier molecular flexibility index (Phi) is 2.98. The first-order valence-electron chi connectivity index (χ1n) is 5.89. The molecule has 0 saturated carbocycles. The molecule has 3 nitrogen and oxygen atoms in total. The standard InChI is InChI=1S/C15H11N3S/c1-10-6-11(9-16)7-14(17-10)19-15-8-12-4-2-3-5-13(12)18-15/h2-8,18H,1H3. The van der Waals surface area contributed by atoms with Crippen molar-refractivity contribution in [2.45, 2.75) is 17.0 Å². The van der Waals surface area contributed by atoms with E-state index in [0.717, 1.165) is 21.3 Å². The van der Waals surface area contributed by atoms with Crippen LogP contribution >= 0.6 is 11.8 Å². The number of H-pyrrole nitrogens is 1. The van der Waals surface area contributed by atoms with Crippen molar-refractivity contribution in [2.24, 2.45) is 0 Å². The Morgan fingerprint density at radius 2 is 2.05 bits per heavy atom. The summed E-state index contributed by atoms with van der Waals surface area (Å²) in [6.45, 7) is 1.90. The maximum absolute atomic E-state index is 8.97. The van der Waals surface area contributed by atoms with E-state index in [4.69, 9.17) is 5.26 Å². The largest absolute Gasteiger partial charge is 0.349 e. The molecule has 2 aromatic heterocycles.